The molecule has 0 aliphatic carbocycles. The predicted octanol–water partition coefficient (Wildman–Crippen LogP) is 3.02. The van der Waals surface area contributed by atoms with Crippen molar-refractivity contribution in [1.82, 2.24) is 24.6 Å². The fourth-order valence-corrected chi connectivity index (χ4v) is 3.69. The van der Waals surface area contributed by atoms with E-state index in [9.17, 15) is 4.79 Å². The molecule has 3 aromatic rings. The zero-order valence-corrected chi connectivity index (χ0v) is 19.0. The van der Waals surface area contributed by atoms with Crippen molar-refractivity contribution in [1.29, 1.82) is 0 Å². The molecule has 0 radical (unpaired) electrons. The maximum atomic E-state index is 11.7. The maximum Gasteiger partial charge on any atom is 0.214 e. The van der Waals surface area contributed by atoms with Crippen molar-refractivity contribution in [2.75, 3.05) is 39.5 Å². The minimum atomic E-state index is 0.201. The van der Waals surface area contributed by atoms with Crippen LogP contribution in [0, 0.1) is 0 Å². The molecule has 9 heteroatoms. The number of hydrogen-bond acceptors (Lipinski definition) is 8. The van der Waals surface area contributed by atoms with Crippen LogP contribution in [0.5, 0.6) is 11.6 Å². The smallest absolute Gasteiger partial charge is 0.214 e. The molecular formula is C24H29N5O4. The van der Waals surface area contributed by atoms with Crippen LogP contribution >= 0.6 is 0 Å². The first-order valence-corrected chi connectivity index (χ1v) is 11.1. The SMILES string of the molecule is CC(C)n1nccc1-c1ncccc1COc1cnc(OCCN2CCOCC2)cc1C=O. The summed E-state index contributed by atoms with van der Waals surface area (Å²) in [7, 11) is 0. The molecule has 0 saturated carbocycles. The molecule has 0 spiro atoms. The molecule has 1 fully saturated rings. The highest BCUT2D eigenvalue weighted by atomic mass is 16.5. The highest BCUT2D eigenvalue weighted by molar-refractivity contribution is 5.79. The number of ether oxygens (including phenoxy) is 3. The third-order valence-electron chi connectivity index (χ3n) is 5.44. The van der Waals surface area contributed by atoms with Crippen molar-refractivity contribution in [3.05, 3.63) is 54.0 Å². The van der Waals surface area contributed by atoms with Gasteiger partial charge in [-0.2, -0.15) is 5.10 Å². The van der Waals surface area contributed by atoms with Gasteiger partial charge in [0.1, 0.15) is 19.0 Å². The van der Waals surface area contributed by atoms with Crippen molar-refractivity contribution in [2.45, 2.75) is 26.5 Å². The molecule has 0 amide bonds. The van der Waals surface area contributed by atoms with Gasteiger partial charge in [0, 0.05) is 49.7 Å². The Morgan fingerprint density at radius 2 is 2.00 bits per heavy atom. The zero-order valence-electron chi connectivity index (χ0n) is 19.0. The summed E-state index contributed by atoms with van der Waals surface area (Å²) in [5.74, 6) is 0.804. The minimum Gasteiger partial charge on any atom is -0.486 e. The van der Waals surface area contributed by atoms with E-state index in [1.54, 1.807) is 18.5 Å². The van der Waals surface area contributed by atoms with Gasteiger partial charge < -0.3 is 14.2 Å². The fourth-order valence-electron chi connectivity index (χ4n) is 3.69. The van der Waals surface area contributed by atoms with Crippen LogP contribution in [0.1, 0.15) is 35.8 Å². The number of nitrogens with zero attached hydrogens (tertiary/aromatic N) is 5. The number of carbonyl (C=O) groups excluding carboxylic acids is 1. The minimum absolute atomic E-state index is 0.201. The average molecular weight is 452 g/mol. The van der Waals surface area contributed by atoms with Gasteiger partial charge in [0.05, 0.1) is 36.4 Å². The van der Waals surface area contributed by atoms with Gasteiger partial charge in [-0.1, -0.05) is 6.07 Å². The van der Waals surface area contributed by atoms with Crippen LogP contribution in [-0.4, -0.2) is 70.4 Å². The Morgan fingerprint density at radius 3 is 2.79 bits per heavy atom. The molecule has 4 heterocycles. The first kappa shape index (κ1) is 22.9. The van der Waals surface area contributed by atoms with Gasteiger partial charge in [0.2, 0.25) is 5.88 Å². The first-order chi connectivity index (χ1) is 16.2. The number of pyridine rings is 2. The van der Waals surface area contributed by atoms with E-state index >= 15 is 0 Å². The topological polar surface area (TPSA) is 91.6 Å². The third-order valence-corrected chi connectivity index (χ3v) is 5.44. The second-order valence-electron chi connectivity index (χ2n) is 8.04. The first-order valence-electron chi connectivity index (χ1n) is 11.1. The van der Waals surface area contributed by atoms with Crippen molar-refractivity contribution in [3.63, 3.8) is 0 Å². The molecular weight excluding hydrogens is 422 g/mol. The molecule has 0 unspecified atom stereocenters. The molecule has 0 bridgehead atoms. The summed E-state index contributed by atoms with van der Waals surface area (Å²) in [6, 6.07) is 7.57. The lowest BCUT2D eigenvalue weighted by atomic mass is 10.1. The molecule has 0 atom stereocenters. The second kappa shape index (κ2) is 11.0. The quantitative estimate of drug-likeness (QED) is 0.435. The molecule has 174 valence electrons. The molecule has 0 aromatic carbocycles. The lowest BCUT2D eigenvalue weighted by Gasteiger charge is -2.26. The number of aromatic nitrogens is 4. The molecule has 9 nitrogen and oxygen atoms in total. The van der Waals surface area contributed by atoms with Gasteiger partial charge in [0.25, 0.3) is 0 Å². The van der Waals surface area contributed by atoms with E-state index in [2.05, 4.69) is 33.8 Å². The van der Waals surface area contributed by atoms with Crippen LogP contribution < -0.4 is 9.47 Å². The fraction of sp³-hybridized carbons (Fsp3) is 0.417. The number of aldehydes is 1. The highest BCUT2D eigenvalue weighted by Gasteiger charge is 2.15. The van der Waals surface area contributed by atoms with Crippen LogP contribution in [-0.2, 0) is 11.3 Å². The summed E-state index contributed by atoms with van der Waals surface area (Å²) < 4.78 is 19.0. The number of carbonyl (C=O) groups is 1. The number of rotatable bonds is 10. The van der Waals surface area contributed by atoms with Gasteiger partial charge in [-0.15, -0.1) is 0 Å². The van der Waals surface area contributed by atoms with Crippen molar-refractivity contribution < 1.29 is 19.0 Å². The van der Waals surface area contributed by atoms with E-state index in [-0.39, 0.29) is 12.6 Å². The molecule has 4 rings (SSSR count). The third kappa shape index (κ3) is 5.74. The van der Waals surface area contributed by atoms with E-state index < -0.39 is 0 Å². The van der Waals surface area contributed by atoms with E-state index in [1.807, 2.05) is 22.9 Å². The number of hydrogen-bond donors (Lipinski definition) is 0. The van der Waals surface area contributed by atoms with Gasteiger partial charge >= 0.3 is 0 Å². The Labute approximate surface area is 193 Å². The molecule has 3 aromatic heterocycles. The lowest BCUT2D eigenvalue weighted by Crippen LogP contribution is -2.38. The average Bonchev–Trinajstić information content (AvgIpc) is 3.34. The van der Waals surface area contributed by atoms with Crippen LogP contribution in [0.3, 0.4) is 0 Å². The van der Waals surface area contributed by atoms with Crippen LogP contribution in [0.15, 0.2) is 42.9 Å². The van der Waals surface area contributed by atoms with E-state index in [0.717, 1.165) is 56.1 Å². The Balaban J connectivity index is 1.41. The summed E-state index contributed by atoms with van der Waals surface area (Å²) in [6.07, 6.45) is 5.80. The zero-order chi connectivity index (χ0) is 23.0. The Morgan fingerprint density at radius 1 is 1.15 bits per heavy atom. The molecule has 0 N–H and O–H groups in total. The molecule has 1 aliphatic heterocycles. The van der Waals surface area contributed by atoms with E-state index in [1.165, 1.54) is 6.20 Å². The monoisotopic (exact) mass is 451 g/mol. The molecule has 1 saturated heterocycles. The largest absolute Gasteiger partial charge is 0.486 e. The Bertz CT molecular complexity index is 1060. The van der Waals surface area contributed by atoms with Gasteiger partial charge in [0.15, 0.2) is 6.29 Å². The van der Waals surface area contributed by atoms with Crippen LogP contribution in [0.25, 0.3) is 11.4 Å². The van der Waals surface area contributed by atoms with Gasteiger partial charge in [-0.25, -0.2) is 4.98 Å². The van der Waals surface area contributed by atoms with E-state index in [0.29, 0.717) is 23.8 Å². The summed E-state index contributed by atoms with van der Waals surface area (Å²) in [5.41, 5.74) is 3.00. The highest BCUT2D eigenvalue weighted by Crippen LogP contribution is 2.26. The Hall–Kier alpha value is -3.30. The molecule has 1 aliphatic rings. The summed E-state index contributed by atoms with van der Waals surface area (Å²) in [4.78, 5) is 22.8. The van der Waals surface area contributed by atoms with Crippen molar-refractivity contribution >= 4 is 6.29 Å². The Kier molecular flexibility index (Phi) is 7.64. The second-order valence-corrected chi connectivity index (χ2v) is 8.04. The standard InChI is InChI=1S/C24H29N5O4/c1-18(2)29-21(5-7-27-29)24-19(4-3-6-25-24)17-33-22-15-26-23(14-20(22)16-30)32-13-10-28-8-11-31-12-9-28/h3-7,14-16,18H,8-13,17H2,1-2H3. The summed E-state index contributed by atoms with van der Waals surface area (Å²) >= 11 is 0. The maximum absolute atomic E-state index is 11.7. The number of morpholine rings is 1. The van der Waals surface area contributed by atoms with Crippen molar-refractivity contribution in [2.24, 2.45) is 0 Å². The predicted molar refractivity (Wildman–Crippen MR) is 123 cm³/mol. The van der Waals surface area contributed by atoms with Crippen molar-refractivity contribution in [3.8, 4) is 23.0 Å². The van der Waals surface area contributed by atoms with E-state index in [4.69, 9.17) is 14.2 Å². The van der Waals surface area contributed by atoms with Crippen LogP contribution in [0.4, 0.5) is 0 Å². The van der Waals surface area contributed by atoms with Crippen LogP contribution in [0.2, 0.25) is 0 Å². The summed E-state index contributed by atoms with van der Waals surface area (Å²) in [5, 5.41) is 4.40. The summed E-state index contributed by atoms with van der Waals surface area (Å²) in [6.45, 7) is 8.96. The normalized spacial score (nSPS) is 14.4. The lowest BCUT2D eigenvalue weighted by molar-refractivity contribution is 0.0320. The molecule has 33 heavy (non-hydrogen) atoms. The van der Waals surface area contributed by atoms with Gasteiger partial charge in [-0.3, -0.25) is 19.4 Å². The van der Waals surface area contributed by atoms with Gasteiger partial charge in [-0.05, 0) is 26.0 Å².